The van der Waals surface area contributed by atoms with Gasteiger partial charge in [0, 0.05) is 5.69 Å². The molecule has 0 saturated carbocycles. The van der Waals surface area contributed by atoms with Crippen molar-refractivity contribution < 1.29 is 10.9 Å². The number of rotatable bonds is 2. The van der Waals surface area contributed by atoms with Crippen molar-refractivity contribution in [1.29, 1.82) is 0 Å². The molecule has 1 amide bonds. The highest BCUT2D eigenvalue weighted by atomic mass is 16.6. The molecule has 0 fully saturated rings. The first-order valence-electron chi connectivity index (χ1n) is 4.62. The number of amides is 1. The maximum absolute atomic E-state index is 11.1. The van der Waals surface area contributed by atoms with E-state index in [2.05, 4.69) is 5.32 Å². The van der Waals surface area contributed by atoms with E-state index in [-0.39, 0.29) is 6.10 Å². The van der Waals surface area contributed by atoms with Crippen molar-refractivity contribution in [3.63, 3.8) is 0 Å². The van der Waals surface area contributed by atoms with Gasteiger partial charge in [0.25, 0.3) is 0 Å². The molecule has 1 N–H and O–H groups in total. The molecule has 0 unspecified atom stereocenters. The lowest BCUT2D eigenvalue weighted by molar-refractivity contribution is 0.130. The van der Waals surface area contributed by atoms with Crippen molar-refractivity contribution in [3.05, 3.63) is 30.3 Å². The van der Waals surface area contributed by atoms with E-state index in [9.17, 15) is 4.79 Å². The highest BCUT2D eigenvalue weighted by Gasteiger charge is 2.03. The monoisotopic (exact) mass is 180 g/mol. The fraction of sp³-hybridized carbons (Fsp3) is 0.300. The molecule has 1 aromatic rings. The molecular weight excluding hydrogens is 166 g/mol. The summed E-state index contributed by atoms with van der Waals surface area (Å²) in [6.07, 6.45) is -0.639. The Labute approximate surface area is 79.1 Å². The number of carbonyl (C=O) groups is 1. The Morgan fingerprint density at radius 2 is 2.31 bits per heavy atom. The number of benzene rings is 1. The minimum Gasteiger partial charge on any atom is -0.447 e. The van der Waals surface area contributed by atoms with E-state index in [1.807, 2.05) is 0 Å². The van der Waals surface area contributed by atoms with Gasteiger partial charge in [0.1, 0.15) is 0 Å². The average Bonchev–Trinajstić information content (AvgIpc) is 2.01. The van der Waals surface area contributed by atoms with Crippen LogP contribution >= 0.6 is 0 Å². The van der Waals surface area contributed by atoms with E-state index in [4.69, 9.17) is 6.11 Å². The maximum Gasteiger partial charge on any atom is 0.411 e. The van der Waals surface area contributed by atoms with Crippen molar-refractivity contribution in [3.8, 4) is 0 Å². The lowest BCUT2D eigenvalue weighted by Crippen LogP contribution is -2.17. The van der Waals surface area contributed by atoms with Crippen LogP contribution in [0, 0.1) is 0 Å². The van der Waals surface area contributed by atoms with Gasteiger partial charge in [0.2, 0.25) is 0 Å². The van der Waals surface area contributed by atoms with Crippen LogP contribution in [0.15, 0.2) is 30.3 Å². The number of hydrogen-bond acceptors (Lipinski definition) is 2. The van der Waals surface area contributed by atoms with Gasteiger partial charge < -0.3 is 4.74 Å². The zero-order valence-electron chi connectivity index (χ0n) is 8.70. The Bertz CT molecular complexity index is 326. The Hall–Kier alpha value is -1.51. The molecule has 0 bridgehead atoms. The standard InChI is InChI=1S/C10H13NO2/c1-8(2)13-10(12)11-9-6-4-3-5-7-9/h3-8H,1-2H3,(H,11,12)/i4D. The highest BCUT2D eigenvalue weighted by Crippen LogP contribution is 2.05. The predicted octanol–water partition coefficient (Wildman–Crippen LogP) is 2.64. The summed E-state index contributed by atoms with van der Waals surface area (Å²) in [5.74, 6) is 0. The van der Waals surface area contributed by atoms with Crippen LogP contribution < -0.4 is 5.32 Å². The summed E-state index contributed by atoms with van der Waals surface area (Å²) in [4.78, 5) is 11.1. The van der Waals surface area contributed by atoms with Crippen LogP contribution in [0.2, 0.25) is 0 Å². The molecule has 0 heterocycles. The van der Waals surface area contributed by atoms with Crippen LogP contribution in [0.25, 0.3) is 0 Å². The van der Waals surface area contributed by atoms with Gasteiger partial charge in [0.05, 0.1) is 7.47 Å². The highest BCUT2D eigenvalue weighted by molar-refractivity contribution is 5.84. The zero-order valence-corrected chi connectivity index (χ0v) is 7.70. The minimum absolute atomic E-state index is 0.144. The second-order valence-corrected chi connectivity index (χ2v) is 2.87. The van der Waals surface area contributed by atoms with Crippen molar-refractivity contribution >= 4 is 11.8 Å². The quantitative estimate of drug-likeness (QED) is 0.759. The van der Waals surface area contributed by atoms with Crippen LogP contribution in [0.3, 0.4) is 0 Å². The third kappa shape index (κ3) is 3.60. The van der Waals surface area contributed by atoms with Gasteiger partial charge in [-0.05, 0) is 26.0 Å². The van der Waals surface area contributed by atoms with Crippen LogP contribution in [0.4, 0.5) is 10.5 Å². The maximum atomic E-state index is 11.1. The second kappa shape index (κ2) is 4.50. The molecular formula is C10H13NO2. The fourth-order valence-electron chi connectivity index (χ4n) is 0.832. The molecule has 3 nitrogen and oxygen atoms in total. The van der Waals surface area contributed by atoms with Gasteiger partial charge in [-0.3, -0.25) is 5.32 Å². The summed E-state index contributed by atoms with van der Waals surface area (Å²) in [6.45, 7) is 3.56. The number of carbonyl (C=O) groups excluding carboxylic acids is 1. The smallest absolute Gasteiger partial charge is 0.411 e. The first-order valence-corrected chi connectivity index (χ1v) is 4.12. The van der Waals surface area contributed by atoms with Gasteiger partial charge in [-0.15, -0.1) is 0 Å². The second-order valence-electron chi connectivity index (χ2n) is 2.87. The molecule has 0 aliphatic carbocycles. The summed E-state index contributed by atoms with van der Waals surface area (Å²) in [5.41, 5.74) is 0.572. The van der Waals surface area contributed by atoms with Gasteiger partial charge in [0.15, 0.2) is 0 Å². The Balaban J connectivity index is 2.56. The molecule has 3 heteroatoms. The summed E-state index contributed by atoms with van der Waals surface area (Å²) in [7, 11) is 0. The van der Waals surface area contributed by atoms with E-state index in [0.717, 1.165) is 0 Å². The van der Waals surface area contributed by atoms with Gasteiger partial charge >= 0.3 is 6.09 Å². The normalized spacial score (nSPS) is 10.8. The summed E-state index contributed by atoms with van der Waals surface area (Å²) in [6, 6.07) is 6.96. The van der Waals surface area contributed by atoms with Gasteiger partial charge in [-0.25, -0.2) is 4.79 Å². The topological polar surface area (TPSA) is 38.3 Å². The minimum atomic E-state index is -0.495. The Kier molecular flexibility index (Phi) is 2.81. The van der Waals surface area contributed by atoms with Crippen LogP contribution in [0.1, 0.15) is 15.2 Å². The molecule has 0 atom stereocenters. The van der Waals surface area contributed by atoms with Crippen LogP contribution in [-0.4, -0.2) is 12.2 Å². The van der Waals surface area contributed by atoms with E-state index >= 15 is 0 Å². The van der Waals surface area contributed by atoms with Crippen LogP contribution in [-0.2, 0) is 4.74 Å². The number of anilines is 1. The van der Waals surface area contributed by atoms with Crippen molar-refractivity contribution in [2.45, 2.75) is 20.0 Å². The molecule has 0 spiro atoms. The number of para-hydroxylation sites is 1. The van der Waals surface area contributed by atoms with E-state index < -0.39 is 6.09 Å². The molecule has 1 aromatic carbocycles. The van der Waals surface area contributed by atoms with Crippen molar-refractivity contribution in [2.75, 3.05) is 5.32 Å². The molecule has 1 rings (SSSR count). The molecule has 0 saturated heterocycles. The molecule has 0 radical (unpaired) electrons. The number of ether oxygens (including phenoxy) is 1. The number of nitrogens with one attached hydrogen (secondary N) is 1. The lowest BCUT2D eigenvalue weighted by atomic mass is 10.3. The van der Waals surface area contributed by atoms with Crippen LogP contribution in [0.5, 0.6) is 0 Å². The van der Waals surface area contributed by atoms with Crippen molar-refractivity contribution in [2.24, 2.45) is 0 Å². The SMILES string of the molecule is [2H]c1cccc(NC(=O)OC(C)C)c1. The largest absolute Gasteiger partial charge is 0.447 e. The molecule has 0 aromatic heterocycles. The summed E-state index contributed by atoms with van der Waals surface area (Å²) < 4.78 is 12.2. The van der Waals surface area contributed by atoms with E-state index in [1.54, 1.807) is 38.1 Å². The molecule has 0 aliphatic rings. The van der Waals surface area contributed by atoms with E-state index in [1.165, 1.54) is 0 Å². The number of hydrogen-bond donors (Lipinski definition) is 1. The van der Waals surface area contributed by atoms with Crippen molar-refractivity contribution in [1.82, 2.24) is 0 Å². The fourth-order valence-corrected chi connectivity index (χ4v) is 0.832. The first kappa shape index (κ1) is 8.10. The zero-order chi connectivity index (χ0) is 10.6. The third-order valence-corrected chi connectivity index (χ3v) is 1.30. The van der Waals surface area contributed by atoms with E-state index in [0.29, 0.717) is 11.7 Å². The molecule has 13 heavy (non-hydrogen) atoms. The third-order valence-electron chi connectivity index (χ3n) is 1.30. The first-order chi connectivity index (χ1) is 6.58. The Morgan fingerprint density at radius 3 is 2.92 bits per heavy atom. The summed E-state index contributed by atoms with van der Waals surface area (Å²) in [5, 5.41) is 2.53. The average molecular weight is 180 g/mol. The lowest BCUT2D eigenvalue weighted by Gasteiger charge is -2.08. The van der Waals surface area contributed by atoms with Gasteiger partial charge in [-0.1, -0.05) is 18.2 Å². The summed E-state index contributed by atoms with van der Waals surface area (Å²) >= 11 is 0. The predicted molar refractivity (Wildman–Crippen MR) is 51.7 cm³/mol. The Morgan fingerprint density at radius 1 is 1.54 bits per heavy atom. The molecule has 0 aliphatic heterocycles. The molecule has 70 valence electrons. The van der Waals surface area contributed by atoms with Gasteiger partial charge in [-0.2, -0.15) is 0 Å².